The van der Waals surface area contributed by atoms with Gasteiger partial charge >= 0.3 is 13.2 Å². The van der Waals surface area contributed by atoms with E-state index in [0.717, 1.165) is 4.57 Å². The highest BCUT2D eigenvalue weighted by atomic mass is 19.1. The molecule has 2 aromatic heterocycles. The van der Waals surface area contributed by atoms with Crippen LogP contribution in [0.15, 0.2) is 42.6 Å². The van der Waals surface area contributed by atoms with Gasteiger partial charge in [-0.2, -0.15) is 0 Å². The summed E-state index contributed by atoms with van der Waals surface area (Å²) < 4.78 is 19.7. The molecule has 0 radical (unpaired) electrons. The van der Waals surface area contributed by atoms with Crippen molar-refractivity contribution >= 4 is 29.7 Å². The molecule has 0 aliphatic rings. The van der Waals surface area contributed by atoms with Gasteiger partial charge in [0.1, 0.15) is 11.4 Å². The Morgan fingerprint density at radius 2 is 1.85 bits per heavy atom. The fourth-order valence-electron chi connectivity index (χ4n) is 2.69. The summed E-state index contributed by atoms with van der Waals surface area (Å²) in [6, 6.07) is 8.80. The number of carbonyl (C=O) groups is 1. The van der Waals surface area contributed by atoms with Gasteiger partial charge in [-0.25, -0.2) is 9.18 Å². The van der Waals surface area contributed by atoms with Gasteiger partial charge in [0, 0.05) is 17.1 Å². The predicted octanol–water partition coefficient (Wildman–Crippen LogP) is 2.31. The normalized spacial score (nSPS) is 11.6. The molecule has 2 heterocycles. The maximum atomic E-state index is 13.2. The van der Waals surface area contributed by atoms with Gasteiger partial charge < -0.3 is 14.8 Å². The summed E-state index contributed by atoms with van der Waals surface area (Å²) in [5, 5.41) is 19.9. The number of hydrogen-bond acceptors (Lipinski definition) is 5. The number of hydrogen-bond donors (Lipinski definition) is 2. The Labute approximate surface area is 150 Å². The lowest BCUT2D eigenvalue weighted by Crippen LogP contribution is -2.40. The van der Waals surface area contributed by atoms with Crippen LogP contribution in [0, 0.1) is 5.82 Å². The number of ether oxygens (including phenoxy) is 1. The van der Waals surface area contributed by atoms with Crippen molar-refractivity contribution in [3.63, 3.8) is 0 Å². The molecule has 0 aliphatic heterocycles. The molecule has 0 fully saturated rings. The molecular weight excluding hydrogens is 338 g/mol. The molecule has 0 atom stereocenters. The number of rotatable bonds is 2. The van der Waals surface area contributed by atoms with Crippen LogP contribution in [-0.4, -0.2) is 38.4 Å². The second-order valence-corrected chi connectivity index (χ2v) is 6.86. The predicted molar refractivity (Wildman–Crippen MR) is 96.6 cm³/mol. The van der Waals surface area contributed by atoms with Crippen LogP contribution in [-0.2, 0) is 4.74 Å². The minimum Gasteiger partial charge on any atom is -0.443 e. The quantitative estimate of drug-likeness (QED) is 0.689. The highest BCUT2D eigenvalue weighted by molar-refractivity contribution is 6.59. The summed E-state index contributed by atoms with van der Waals surface area (Å²) in [4.78, 5) is 16.9. The molecule has 0 aliphatic carbocycles. The first-order chi connectivity index (χ1) is 12.2. The summed E-state index contributed by atoms with van der Waals surface area (Å²) in [5.74, 6) is -0.376. The minimum absolute atomic E-state index is 0.0365. The molecule has 2 N–H and O–H groups in total. The van der Waals surface area contributed by atoms with Gasteiger partial charge in [0.25, 0.3) is 0 Å². The lowest BCUT2D eigenvalue weighted by molar-refractivity contribution is 0.0547. The zero-order chi connectivity index (χ0) is 19.1. The molecule has 0 bridgehead atoms. The number of nitrogens with zero attached hydrogens (tertiary/aromatic N) is 2. The second kappa shape index (κ2) is 6.55. The molecule has 3 rings (SSSR count). The molecule has 134 valence electrons. The van der Waals surface area contributed by atoms with E-state index in [0.29, 0.717) is 22.2 Å². The number of benzene rings is 1. The molecule has 0 unspecified atom stereocenters. The third kappa shape index (κ3) is 3.47. The van der Waals surface area contributed by atoms with E-state index >= 15 is 0 Å². The van der Waals surface area contributed by atoms with Crippen molar-refractivity contribution in [2.24, 2.45) is 0 Å². The van der Waals surface area contributed by atoms with E-state index in [9.17, 15) is 19.2 Å². The Kier molecular flexibility index (Phi) is 4.56. The van der Waals surface area contributed by atoms with Crippen molar-refractivity contribution in [1.29, 1.82) is 0 Å². The fraction of sp³-hybridized carbons (Fsp3) is 0.222. The van der Waals surface area contributed by atoms with Crippen LogP contribution in [0.2, 0.25) is 0 Å². The molecule has 6 nitrogen and oxygen atoms in total. The van der Waals surface area contributed by atoms with Gasteiger partial charge in [0.15, 0.2) is 0 Å². The monoisotopic (exact) mass is 356 g/mol. The maximum Gasteiger partial charge on any atom is 0.506 e. The first-order valence-electron chi connectivity index (χ1n) is 8.03. The Morgan fingerprint density at radius 3 is 2.42 bits per heavy atom. The molecule has 0 amide bonds. The zero-order valence-electron chi connectivity index (χ0n) is 14.6. The topological polar surface area (TPSA) is 84.6 Å². The zero-order valence-corrected chi connectivity index (χ0v) is 14.6. The van der Waals surface area contributed by atoms with Crippen molar-refractivity contribution in [2.45, 2.75) is 26.4 Å². The van der Waals surface area contributed by atoms with Crippen molar-refractivity contribution < 1.29 is 24.0 Å². The van der Waals surface area contributed by atoms with Crippen molar-refractivity contribution in [3.05, 3.63) is 48.4 Å². The molecule has 0 spiro atoms. The van der Waals surface area contributed by atoms with E-state index in [1.54, 1.807) is 39.0 Å². The van der Waals surface area contributed by atoms with E-state index in [4.69, 9.17) is 4.74 Å². The summed E-state index contributed by atoms with van der Waals surface area (Å²) in [7, 11) is -1.88. The average Bonchev–Trinajstić information content (AvgIpc) is 2.94. The van der Waals surface area contributed by atoms with Crippen LogP contribution in [0.1, 0.15) is 20.8 Å². The molecule has 0 saturated heterocycles. The molecular formula is C18H18BFN2O4. The van der Waals surface area contributed by atoms with Crippen molar-refractivity contribution in [3.8, 4) is 11.3 Å². The van der Waals surface area contributed by atoms with E-state index in [1.165, 1.54) is 24.4 Å². The minimum atomic E-state index is -1.88. The summed E-state index contributed by atoms with van der Waals surface area (Å²) in [6.07, 6.45) is 0.766. The number of aromatic nitrogens is 2. The van der Waals surface area contributed by atoms with Crippen LogP contribution < -0.4 is 5.59 Å². The van der Waals surface area contributed by atoms with Gasteiger partial charge in [-0.3, -0.25) is 9.55 Å². The summed E-state index contributed by atoms with van der Waals surface area (Å²) in [5.41, 5.74) is 0.754. The summed E-state index contributed by atoms with van der Waals surface area (Å²) in [6.45, 7) is 5.16. The van der Waals surface area contributed by atoms with Crippen molar-refractivity contribution in [2.75, 3.05) is 0 Å². The van der Waals surface area contributed by atoms with E-state index < -0.39 is 18.8 Å². The second-order valence-electron chi connectivity index (χ2n) is 6.86. The van der Waals surface area contributed by atoms with Gasteiger partial charge in [0.05, 0.1) is 16.8 Å². The van der Waals surface area contributed by atoms with Gasteiger partial charge in [-0.1, -0.05) is 0 Å². The maximum absolute atomic E-state index is 13.2. The van der Waals surface area contributed by atoms with E-state index in [2.05, 4.69) is 4.98 Å². The van der Waals surface area contributed by atoms with Crippen LogP contribution in [0.5, 0.6) is 0 Å². The molecule has 1 aromatic carbocycles. The highest BCUT2D eigenvalue weighted by Gasteiger charge is 2.28. The third-order valence-electron chi connectivity index (χ3n) is 3.72. The van der Waals surface area contributed by atoms with Crippen LogP contribution in [0.4, 0.5) is 9.18 Å². The van der Waals surface area contributed by atoms with Gasteiger partial charge in [-0.05, 0) is 57.2 Å². The van der Waals surface area contributed by atoms with Crippen LogP contribution in [0.3, 0.4) is 0 Å². The lowest BCUT2D eigenvalue weighted by atomic mass is 9.86. The highest BCUT2D eigenvalue weighted by Crippen LogP contribution is 2.27. The smallest absolute Gasteiger partial charge is 0.443 e. The number of fused-ring (bicyclic) bond motifs is 1. The average molecular weight is 356 g/mol. The SMILES string of the molecule is CC(C)(C)OC(=O)n1c(B(O)O)cc2c(-c3ccc(F)cc3)nccc21. The molecule has 3 aromatic rings. The Balaban J connectivity index is 2.22. The van der Waals surface area contributed by atoms with Crippen LogP contribution >= 0.6 is 0 Å². The number of halogens is 1. The van der Waals surface area contributed by atoms with E-state index in [-0.39, 0.29) is 11.4 Å². The van der Waals surface area contributed by atoms with Gasteiger partial charge in [-0.15, -0.1) is 0 Å². The third-order valence-corrected chi connectivity index (χ3v) is 3.72. The summed E-state index contributed by atoms with van der Waals surface area (Å²) >= 11 is 0. The first kappa shape index (κ1) is 18.1. The van der Waals surface area contributed by atoms with E-state index in [1.807, 2.05) is 0 Å². The molecule has 0 saturated carbocycles. The largest absolute Gasteiger partial charge is 0.506 e. The van der Waals surface area contributed by atoms with Gasteiger partial charge in [0.2, 0.25) is 0 Å². The Bertz CT molecular complexity index is 962. The molecule has 8 heteroatoms. The first-order valence-corrected chi connectivity index (χ1v) is 8.03. The molecule has 26 heavy (non-hydrogen) atoms. The Hall–Kier alpha value is -2.71. The number of carbonyl (C=O) groups excluding carboxylic acids is 1. The lowest BCUT2D eigenvalue weighted by Gasteiger charge is -2.21. The van der Waals surface area contributed by atoms with Crippen LogP contribution in [0.25, 0.3) is 22.2 Å². The van der Waals surface area contributed by atoms with Crippen molar-refractivity contribution in [1.82, 2.24) is 9.55 Å². The standard InChI is InChI=1S/C18H18BFN2O4/c1-18(2,3)26-17(23)22-14-8-9-21-16(11-4-6-12(20)7-5-11)13(14)10-15(22)19(24)25/h4-10,24-25H,1-3H3. The fourth-order valence-corrected chi connectivity index (χ4v) is 2.69. The number of pyridine rings is 1. The Morgan fingerprint density at radius 1 is 1.19 bits per heavy atom.